The number of nitrogens with zero attached hydrogens (tertiary/aromatic N) is 1. The van der Waals surface area contributed by atoms with Crippen LogP contribution >= 0.6 is 35.0 Å². The summed E-state index contributed by atoms with van der Waals surface area (Å²) in [5, 5.41) is 3.92. The molecule has 2 atom stereocenters. The van der Waals surface area contributed by atoms with Crippen molar-refractivity contribution in [2.75, 3.05) is 5.75 Å². The van der Waals surface area contributed by atoms with Gasteiger partial charge in [-0.05, 0) is 48.7 Å². The highest BCUT2D eigenvalue weighted by atomic mass is 35.5. The molecular formula is C29H31Cl2FN2O2S. The number of hydrogen-bond acceptors (Lipinski definition) is 3. The zero-order valence-electron chi connectivity index (χ0n) is 20.9. The predicted octanol–water partition coefficient (Wildman–Crippen LogP) is 6.92. The van der Waals surface area contributed by atoms with E-state index in [-0.39, 0.29) is 35.9 Å². The molecule has 0 saturated heterocycles. The number of hydrogen-bond donors (Lipinski definition) is 1. The van der Waals surface area contributed by atoms with Crippen molar-refractivity contribution in [3.8, 4) is 0 Å². The molecule has 3 rings (SSSR count). The van der Waals surface area contributed by atoms with Crippen LogP contribution in [0.25, 0.3) is 0 Å². The fourth-order valence-corrected chi connectivity index (χ4v) is 5.28. The van der Waals surface area contributed by atoms with Crippen LogP contribution in [0.5, 0.6) is 0 Å². The Morgan fingerprint density at radius 3 is 2.38 bits per heavy atom. The smallest absolute Gasteiger partial charge is 0.243 e. The van der Waals surface area contributed by atoms with E-state index in [4.69, 9.17) is 23.2 Å². The summed E-state index contributed by atoms with van der Waals surface area (Å²) in [7, 11) is 0. The van der Waals surface area contributed by atoms with Crippen LogP contribution in [-0.4, -0.2) is 34.6 Å². The summed E-state index contributed by atoms with van der Waals surface area (Å²) in [4.78, 5) is 28.8. The Morgan fingerprint density at radius 2 is 1.70 bits per heavy atom. The number of nitrogens with one attached hydrogen (secondary N) is 1. The number of amides is 2. The van der Waals surface area contributed by atoms with Gasteiger partial charge in [-0.3, -0.25) is 9.59 Å². The molecule has 8 heteroatoms. The maximum atomic E-state index is 14.2. The van der Waals surface area contributed by atoms with Crippen molar-refractivity contribution in [3.63, 3.8) is 0 Å². The van der Waals surface area contributed by atoms with Crippen LogP contribution in [0, 0.1) is 5.82 Å². The van der Waals surface area contributed by atoms with E-state index in [0.29, 0.717) is 22.0 Å². The molecule has 0 aromatic heterocycles. The quantitative estimate of drug-likeness (QED) is 0.261. The lowest BCUT2D eigenvalue weighted by molar-refractivity contribution is -0.139. The van der Waals surface area contributed by atoms with Gasteiger partial charge in [0, 0.05) is 40.4 Å². The number of halogens is 3. The van der Waals surface area contributed by atoms with Gasteiger partial charge < -0.3 is 10.2 Å². The molecule has 1 N–H and O–H groups in total. The van der Waals surface area contributed by atoms with Crippen molar-refractivity contribution in [1.82, 2.24) is 10.2 Å². The molecular weight excluding hydrogens is 530 g/mol. The van der Waals surface area contributed by atoms with Gasteiger partial charge >= 0.3 is 0 Å². The second kappa shape index (κ2) is 14.4. The van der Waals surface area contributed by atoms with E-state index in [1.165, 1.54) is 17.8 Å². The SMILES string of the molecule is CC[C@@H](C)NC(=O)[C@@H](Cc1ccccc1)N(Cc1cccc(Cl)c1)C(=O)CSCc1c(F)cccc1Cl. The molecule has 196 valence electrons. The minimum Gasteiger partial charge on any atom is -0.352 e. The van der Waals surface area contributed by atoms with Crippen LogP contribution in [0.4, 0.5) is 4.39 Å². The van der Waals surface area contributed by atoms with Gasteiger partial charge in [-0.15, -0.1) is 11.8 Å². The molecule has 37 heavy (non-hydrogen) atoms. The summed E-state index contributed by atoms with van der Waals surface area (Å²) in [5.74, 6) is -0.538. The highest BCUT2D eigenvalue weighted by Crippen LogP contribution is 2.25. The molecule has 0 bridgehead atoms. The molecule has 0 aliphatic heterocycles. The first-order valence-electron chi connectivity index (χ1n) is 12.2. The summed E-state index contributed by atoms with van der Waals surface area (Å²) in [6.07, 6.45) is 1.13. The van der Waals surface area contributed by atoms with Crippen LogP contribution in [0.1, 0.15) is 37.0 Å². The van der Waals surface area contributed by atoms with Gasteiger partial charge in [0.2, 0.25) is 11.8 Å². The first kappa shape index (κ1) is 29.0. The summed E-state index contributed by atoms with van der Waals surface area (Å²) in [6, 6.07) is 20.6. The third kappa shape index (κ3) is 8.77. The molecule has 3 aromatic rings. The van der Waals surface area contributed by atoms with Gasteiger partial charge in [0.25, 0.3) is 0 Å². The zero-order valence-corrected chi connectivity index (χ0v) is 23.3. The minimum atomic E-state index is -0.736. The molecule has 0 heterocycles. The summed E-state index contributed by atoms with van der Waals surface area (Å²) < 4.78 is 14.2. The van der Waals surface area contributed by atoms with Crippen LogP contribution in [0.2, 0.25) is 10.0 Å². The number of thioether (sulfide) groups is 1. The average Bonchev–Trinajstić information content (AvgIpc) is 2.88. The summed E-state index contributed by atoms with van der Waals surface area (Å²) in [5.41, 5.74) is 2.12. The lowest BCUT2D eigenvalue weighted by Gasteiger charge is -2.32. The minimum absolute atomic E-state index is 0.0357. The topological polar surface area (TPSA) is 49.4 Å². The predicted molar refractivity (Wildman–Crippen MR) is 151 cm³/mol. The Bertz CT molecular complexity index is 1180. The molecule has 4 nitrogen and oxygen atoms in total. The average molecular weight is 562 g/mol. The molecule has 0 aliphatic carbocycles. The molecule has 0 radical (unpaired) electrons. The van der Waals surface area contributed by atoms with Crippen molar-refractivity contribution >= 4 is 46.8 Å². The van der Waals surface area contributed by atoms with Crippen molar-refractivity contribution in [2.45, 2.75) is 51.1 Å². The number of carbonyl (C=O) groups excluding carboxylic acids is 2. The lowest BCUT2D eigenvalue weighted by Crippen LogP contribution is -2.52. The van der Waals surface area contributed by atoms with Gasteiger partial charge in [0.15, 0.2) is 0 Å². The van der Waals surface area contributed by atoms with E-state index in [0.717, 1.165) is 17.5 Å². The molecule has 0 unspecified atom stereocenters. The third-order valence-corrected chi connectivity index (χ3v) is 7.58. The Hall–Kier alpha value is -2.54. The Labute approximate surface area is 232 Å². The van der Waals surface area contributed by atoms with Gasteiger partial charge in [-0.2, -0.15) is 0 Å². The van der Waals surface area contributed by atoms with Crippen molar-refractivity contribution < 1.29 is 14.0 Å². The van der Waals surface area contributed by atoms with E-state index in [2.05, 4.69) is 5.32 Å². The van der Waals surface area contributed by atoms with Crippen molar-refractivity contribution in [2.24, 2.45) is 0 Å². The number of rotatable bonds is 12. The van der Waals surface area contributed by atoms with Gasteiger partial charge in [-0.25, -0.2) is 4.39 Å². The zero-order chi connectivity index (χ0) is 26.8. The fourth-order valence-electron chi connectivity index (χ4n) is 3.82. The number of benzene rings is 3. The molecule has 0 aliphatic rings. The lowest BCUT2D eigenvalue weighted by atomic mass is 10.0. The van der Waals surface area contributed by atoms with E-state index in [9.17, 15) is 14.0 Å². The van der Waals surface area contributed by atoms with Crippen LogP contribution in [-0.2, 0) is 28.3 Å². The van der Waals surface area contributed by atoms with E-state index < -0.39 is 11.9 Å². The standard InChI is InChI=1S/C29H31Cl2FN2O2S/c1-3-20(2)33-29(36)27(16-21-9-5-4-6-10-21)34(17-22-11-7-12-23(30)15-22)28(35)19-37-18-24-25(31)13-8-14-26(24)32/h4-15,20,27H,3,16-19H2,1-2H3,(H,33,36)/t20-,27-/m1/s1. The maximum absolute atomic E-state index is 14.2. The van der Waals surface area contributed by atoms with E-state index in [1.54, 1.807) is 29.2 Å². The summed E-state index contributed by atoms with van der Waals surface area (Å²) >= 11 is 13.6. The monoisotopic (exact) mass is 560 g/mol. The van der Waals surface area contributed by atoms with Gasteiger partial charge in [0.1, 0.15) is 11.9 Å². The molecule has 3 aromatic carbocycles. The molecule has 0 saturated carbocycles. The first-order chi connectivity index (χ1) is 17.8. The van der Waals surface area contributed by atoms with Crippen LogP contribution < -0.4 is 5.32 Å². The molecule has 0 spiro atoms. The van der Waals surface area contributed by atoms with Gasteiger partial charge in [0.05, 0.1) is 5.75 Å². The van der Waals surface area contributed by atoms with Gasteiger partial charge in [-0.1, -0.05) is 78.7 Å². The van der Waals surface area contributed by atoms with Crippen LogP contribution in [0.15, 0.2) is 72.8 Å². The third-order valence-electron chi connectivity index (χ3n) is 6.05. The number of carbonyl (C=O) groups is 2. The van der Waals surface area contributed by atoms with Crippen LogP contribution in [0.3, 0.4) is 0 Å². The highest BCUT2D eigenvalue weighted by Gasteiger charge is 2.31. The Balaban J connectivity index is 1.88. The van der Waals surface area contributed by atoms with E-state index >= 15 is 0 Å². The second-order valence-corrected chi connectivity index (χ2v) is 10.7. The van der Waals surface area contributed by atoms with Crippen molar-refractivity contribution in [3.05, 3.63) is 105 Å². The van der Waals surface area contributed by atoms with Crippen molar-refractivity contribution in [1.29, 1.82) is 0 Å². The summed E-state index contributed by atoms with van der Waals surface area (Å²) in [6.45, 7) is 4.15. The molecule has 2 amide bonds. The maximum Gasteiger partial charge on any atom is 0.243 e. The first-order valence-corrected chi connectivity index (χ1v) is 14.1. The van der Waals surface area contributed by atoms with E-state index in [1.807, 2.05) is 56.3 Å². The Kier molecular flexibility index (Phi) is 11.3. The molecule has 0 fully saturated rings. The largest absolute Gasteiger partial charge is 0.352 e. The Morgan fingerprint density at radius 1 is 1.00 bits per heavy atom. The fraction of sp³-hybridized carbons (Fsp3) is 0.310. The second-order valence-electron chi connectivity index (χ2n) is 8.87. The highest BCUT2D eigenvalue weighted by molar-refractivity contribution is 7.99. The normalized spacial score (nSPS) is 12.6.